The molecule has 3 aromatic rings. The third-order valence-electron chi connectivity index (χ3n) is 5.93. The van der Waals surface area contributed by atoms with Crippen LogP contribution in [0.5, 0.6) is 11.6 Å². The van der Waals surface area contributed by atoms with Crippen LogP contribution in [-0.2, 0) is 23.9 Å². The Kier molecular flexibility index (Phi) is 6.04. The monoisotopic (exact) mass is 501 g/mol. The molecule has 0 saturated carbocycles. The summed E-state index contributed by atoms with van der Waals surface area (Å²) in [6, 6.07) is 2.85. The zero-order valence-corrected chi connectivity index (χ0v) is 19.2. The van der Waals surface area contributed by atoms with Crippen LogP contribution >= 0.6 is 0 Å². The van der Waals surface area contributed by atoms with Crippen LogP contribution in [0, 0.1) is 0 Å². The van der Waals surface area contributed by atoms with Crippen molar-refractivity contribution in [1.82, 2.24) is 24.9 Å². The van der Waals surface area contributed by atoms with Crippen LogP contribution in [0.15, 0.2) is 30.7 Å². The molecular formula is C22H22F3N9O2. The van der Waals surface area contributed by atoms with Crippen LogP contribution in [0.25, 0.3) is 0 Å². The predicted octanol–water partition coefficient (Wildman–Crippen LogP) is 2.14. The summed E-state index contributed by atoms with van der Waals surface area (Å²) in [6.45, 7) is 1.17. The van der Waals surface area contributed by atoms with E-state index in [2.05, 4.69) is 30.2 Å². The minimum Gasteiger partial charge on any atom is -0.436 e. The molecular weight excluding hydrogens is 479 g/mol. The predicted molar refractivity (Wildman–Crippen MR) is 123 cm³/mol. The third kappa shape index (κ3) is 4.46. The normalized spacial score (nSPS) is 17.1. The van der Waals surface area contributed by atoms with Crippen molar-refractivity contribution in [2.24, 2.45) is 5.73 Å². The molecule has 14 heteroatoms. The molecule has 5 rings (SSSR count). The number of amides is 1. The van der Waals surface area contributed by atoms with Crippen LogP contribution in [0.3, 0.4) is 0 Å². The number of hydrogen-bond acceptors (Lipinski definition) is 10. The average Bonchev–Trinajstić information content (AvgIpc) is 2.87. The maximum atomic E-state index is 12.8. The van der Waals surface area contributed by atoms with E-state index in [4.69, 9.17) is 10.5 Å². The molecule has 0 aromatic carbocycles. The minimum atomic E-state index is -4.62. The lowest BCUT2D eigenvalue weighted by Gasteiger charge is -2.42. The molecule has 3 N–H and O–H groups in total. The molecule has 2 aliphatic rings. The maximum absolute atomic E-state index is 12.8. The number of aromatic nitrogens is 5. The largest absolute Gasteiger partial charge is 0.451 e. The highest BCUT2D eigenvalue weighted by Gasteiger charge is 2.40. The van der Waals surface area contributed by atoms with Crippen LogP contribution in [0.2, 0.25) is 0 Å². The van der Waals surface area contributed by atoms with E-state index in [1.54, 1.807) is 35.2 Å². The van der Waals surface area contributed by atoms with Gasteiger partial charge >= 0.3 is 6.18 Å². The molecule has 11 nitrogen and oxygen atoms in total. The van der Waals surface area contributed by atoms with Gasteiger partial charge in [0, 0.05) is 38.9 Å². The Balaban J connectivity index is 1.27. The molecule has 0 aliphatic carbocycles. The first kappa shape index (κ1) is 23.7. The SMILES string of the molecule is CN1c2nc(NCc3ccc(Oc4cnc(C(F)(F)F)nc4)nc3)nc3c2N(CCC3)C(=O)[C@@H]1CN. The first-order valence-corrected chi connectivity index (χ1v) is 11.2. The van der Waals surface area contributed by atoms with Gasteiger partial charge in [-0.25, -0.2) is 19.9 Å². The van der Waals surface area contributed by atoms with Gasteiger partial charge in [-0.2, -0.15) is 18.2 Å². The van der Waals surface area contributed by atoms with Crippen molar-refractivity contribution in [3.63, 3.8) is 0 Å². The number of carbonyl (C=O) groups is 1. The number of anilines is 3. The third-order valence-corrected chi connectivity index (χ3v) is 5.93. The van der Waals surface area contributed by atoms with Crippen LogP contribution in [-0.4, -0.2) is 57.0 Å². The Labute approximate surface area is 203 Å². The molecule has 1 atom stereocenters. The van der Waals surface area contributed by atoms with E-state index in [1.165, 1.54) is 0 Å². The summed E-state index contributed by atoms with van der Waals surface area (Å²) in [5.74, 6) is 0.0181. The molecule has 0 saturated heterocycles. The molecule has 0 fully saturated rings. The van der Waals surface area contributed by atoms with Crippen LogP contribution in [0.1, 0.15) is 23.5 Å². The highest BCUT2D eigenvalue weighted by molar-refractivity contribution is 6.05. The fraction of sp³-hybridized carbons (Fsp3) is 0.364. The highest BCUT2D eigenvalue weighted by atomic mass is 19.4. The highest BCUT2D eigenvalue weighted by Crippen LogP contribution is 2.39. The number of rotatable bonds is 6. The molecule has 36 heavy (non-hydrogen) atoms. The van der Waals surface area contributed by atoms with Crippen LogP contribution in [0.4, 0.5) is 30.6 Å². The van der Waals surface area contributed by atoms with Gasteiger partial charge in [0.25, 0.3) is 5.91 Å². The van der Waals surface area contributed by atoms with Crippen molar-refractivity contribution in [3.05, 3.63) is 47.8 Å². The number of ether oxygens (including phenoxy) is 1. The summed E-state index contributed by atoms with van der Waals surface area (Å²) >= 11 is 0. The first-order valence-electron chi connectivity index (χ1n) is 11.2. The lowest BCUT2D eigenvalue weighted by atomic mass is 10.0. The fourth-order valence-electron chi connectivity index (χ4n) is 4.15. The van der Waals surface area contributed by atoms with Gasteiger partial charge in [0.15, 0.2) is 11.6 Å². The van der Waals surface area contributed by atoms with Crippen molar-refractivity contribution >= 4 is 23.4 Å². The van der Waals surface area contributed by atoms with Crippen molar-refractivity contribution in [2.75, 3.05) is 35.3 Å². The first-order chi connectivity index (χ1) is 17.2. The van der Waals surface area contributed by atoms with Gasteiger partial charge in [-0.3, -0.25) is 4.79 Å². The topological polar surface area (TPSA) is 135 Å². The van der Waals surface area contributed by atoms with E-state index in [1.807, 2.05) is 0 Å². The molecule has 0 unspecified atom stereocenters. The maximum Gasteiger partial charge on any atom is 0.451 e. The van der Waals surface area contributed by atoms with E-state index < -0.39 is 18.0 Å². The second kappa shape index (κ2) is 9.18. The van der Waals surface area contributed by atoms with Crippen LogP contribution < -0.4 is 25.6 Å². The summed E-state index contributed by atoms with van der Waals surface area (Å²) in [5.41, 5.74) is 8.21. The van der Waals surface area contributed by atoms with Gasteiger partial charge in [-0.1, -0.05) is 6.07 Å². The standard InChI is InChI=1S/C22H22F3N9O2/c1-33-15(7-26)19(35)34-6-2-3-14-17(34)18(33)32-21(31-14)30-9-12-4-5-16(27-8-12)36-13-10-28-20(29-11-13)22(23,24)25/h4-5,8,10-11,15H,2-3,6-7,9,26H2,1H3,(H,30,31,32)/t15-/m0/s1. The molecule has 5 heterocycles. The fourth-order valence-corrected chi connectivity index (χ4v) is 4.15. The summed E-state index contributed by atoms with van der Waals surface area (Å²) in [5, 5.41) is 3.19. The van der Waals surface area contributed by atoms with E-state index in [9.17, 15) is 18.0 Å². The Morgan fingerprint density at radius 3 is 2.61 bits per heavy atom. The van der Waals surface area contributed by atoms with Gasteiger partial charge in [0.05, 0.1) is 18.1 Å². The Morgan fingerprint density at radius 2 is 1.94 bits per heavy atom. The molecule has 0 bridgehead atoms. The Morgan fingerprint density at radius 1 is 1.17 bits per heavy atom. The van der Waals surface area contributed by atoms with E-state index in [0.29, 0.717) is 24.9 Å². The zero-order chi connectivity index (χ0) is 25.4. The minimum absolute atomic E-state index is 0.0326. The second-order valence-electron chi connectivity index (χ2n) is 8.32. The van der Waals surface area contributed by atoms with Crippen molar-refractivity contribution in [3.8, 4) is 11.6 Å². The summed E-state index contributed by atoms with van der Waals surface area (Å²) in [4.78, 5) is 36.3. The van der Waals surface area contributed by atoms with Gasteiger partial charge in [0.1, 0.15) is 11.7 Å². The van der Waals surface area contributed by atoms with Gasteiger partial charge in [-0.15, -0.1) is 0 Å². The number of likely N-dealkylation sites (N-methyl/N-ethyl adjacent to an activating group) is 1. The smallest absolute Gasteiger partial charge is 0.436 e. The number of halogens is 3. The van der Waals surface area contributed by atoms with Gasteiger partial charge in [-0.05, 0) is 18.4 Å². The Bertz CT molecular complexity index is 1270. The lowest BCUT2D eigenvalue weighted by Crippen LogP contribution is -2.57. The van der Waals surface area contributed by atoms with E-state index in [-0.39, 0.29) is 24.1 Å². The number of hydrogen-bond donors (Lipinski definition) is 2. The molecule has 1 amide bonds. The summed E-state index contributed by atoms with van der Waals surface area (Å²) in [7, 11) is 1.80. The van der Waals surface area contributed by atoms with Gasteiger partial charge in [0.2, 0.25) is 17.7 Å². The molecule has 0 radical (unpaired) electrons. The number of nitrogens with zero attached hydrogens (tertiary/aromatic N) is 7. The number of carbonyl (C=O) groups excluding carboxylic acids is 1. The molecule has 0 spiro atoms. The lowest BCUT2D eigenvalue weighted by molar-refractivity contribution is -0.145. The van der Waals surface area contributed by atoms with Crippen molar-refractivity contribution in [1.29, 1.82) is 0 Å². The summed E-state index contributed by atoms with van der Waals surface area (Å²) in [6.07, 6.45) is 0.369. The molecule has 188 valence electrons. The number of nitrogens with one attached hydrogen (secondary N) is 1. The van der Waals surface area contributed by atoms with Crippen molar-refractivity contribution < 1.29 is 22.7 Å². The average molecular weight is 501 g/mol. The molecule has 2 aliphatic heterocycles. The second-order valence-corrected chi connectivity index (χ2v) is 8.32. The molecule has 3 aromatic heterocycles. The Hall–Kier alpha value is -4.07. The van der Waals surface area contributed by atoms with Gasteiger partial charge < -0.3 is 25.6 Å². The zero-order valence-electron chi connectivity index (χ0n) is 19.2. The van der Waals surface area contributed by atoms with E-state index >= 15 is 0 Å². The number of aryl methyl sites for hydroxylation is 1. The quantitative estimate of drug-likeness (QED) is 0.517. The number of alkyl halides is 3. The van der Waals surface area contributed by atoms with Crippen molar-refractivity contribution in [2.45, 2.75) is 31.6 Å². The summed E-state index contributed by atoms with van der Waals surface area (Å²) < 4.78 is 43.2. The number of nitrogens with two attached hydrogens (primary N) is 1. The van der Waals surface area contributed by atoms with E-state index in [0.717, 1.165) is 42.2 Å². The number of pyridine rings is 1.